The van der Waals surface area contributed by atoms with Crippen LogP contribution in [0.2, 0.25) is 0 Å². The molecule has 0 atom stereocenters. The van der Waals surface area contributed by atoms with Gasteiger partial charge < -0.3 is 4.74 Å². The molecule has 0 spiro atoms. The van der Waals surface area contributed by atoms with E-state index in [4.69, 9.17) is 4.74 Å². The maximum atomic E-state index is 5.31. The summed E-state index contributed by atoms with van der Waals surface area (Å²) >= 11 is 0. The summed E-state index contributed by atoms with van der Waals surface area (Å²) in [4.78, 5) is 0. The van der Waals surface area contributed by atoms with Crippen molar-refractivity contribution in [1.29, 1.82) is 0 Å². The standard InChI is InChI=1S/C8H8O.C7H8/c1-6-4-7-2-3-8(6)9-5-7;1-7-5-3-2-4-6-7/h2-4H,5H2,1H3;2-6H,1H3. The van der Waals surface area contributed by atoms with Crippen LogP contribution in [-0.4, -0.2) is 0 Å². The lowest BCUT2D eigenvalue weighted by atomic mass is 10.1. The highest BCUT2D eigenvalue weighted by Crippen LogP contribution is 2.25. The summed E-state index contributed by atoms with van der Waals surface area (Å²) in [6.45, 7) is 4.92. The normalized spacial score (nSPS) is 11.4. The molecule has 2 aliphatic heterocycles. The molecule has 16 heavy (non-hydrogen) atoms. The molecule has 0 radical (unpaired) electrons. The number of benzene rings is 2. The van der Waals surface area contributed by atoms with Gasteiger partial charge in [0, 0.05) is 0 Å². The summed E-state index contributed by atoms with van der Waals surface area (Å²) in [5.41, 5.74) is 3.85. The SMILES string of the molecule is Cc1cc2ccc1OC2.Cc1ccccc1. The Balaban J connectivity index is 0.000000125. The second-order valence-corrected chi connectivity index (χ2v) is 4.04. The lowest BCUT2D eigenvalue weighted by Gasteiger charge is -2.16. The average molecular weight is 212 g/mol. The topological polar surface area (TPSA) is 9.23 Å². The first-order chi connectivity index (χ1) is 7.75. The zero-order chi connectivity index (χ0) is 11.4. The van der Waals surface area contributed by atoms with Crippen LogP contribution in [0.1, 0.15) is 16.7 Å². The molecule has 0 saturated heterocycles. The summed E-state index contributed by atoms with van der Waals surface area (Å²) in [6.07, 6.45) is 0. The molecule has 0 N–H and O–H groups in total. The van der Waals surface area contributed by atoms with Crippen molar-refractivity contribution in [3.63, 3.8) is 0 Å². The molecule has 2 aliphatic rings. The molecule has 0 fully saturated rings. The van der Waals surface area contributed by atoms with Crippen molar-refractivity contribution in [3.8, 4) is 5.75 Å². The molecule has 2 aromatic rings. The van der Waals surface area contributed by atoms with E-state index in [9.17, 15) is 0 Å². The van der Waals surface area contributed by atoms with Crippen LogP contribution in [0, 0.1) is 13.8 Å². The Kier molecular flexibility index (Phi) is 3.25. The second kappa shape index (κ2) is 4.84. The third-order valence-electron chi connectivity index (χ3n) is 2.57. The van der Waals surface area contributed by atoms with Gasteiger partial charge in [-0.1, -0.05) is 42.0 Å². The fourth-order valence-electron chi connectivity index (χ4n) is 1.66. The minimum atomic E-state index is 0.767. The molecular formula is C15H16O. The van der Waals surface area contributed by atoms with Gasteiger partial charge in [-0.2, -0.15) is 0 Å². The van der Waals surface area contributed by atoms with E-state index in [-0.39, 0.29) is 0 Å². The summed E-state index contributed by atoms with van der Waals surface area (Å²) in [5.74, 6) is 1.03. The maximum Gasteiger partial charge on any atom is 0.122 e. The molecule has 0 aliphatic carbocycles. The van der Waals surface area contributed by atoms with Gasteiger partial charge in [-0.15, -0.1) is 0 Å². The number of rotatable bonds is 0. The highest BCUT2D eigenvalue weighted by atomic mass is 16.5. The lowest BCUT2D eigenvalue weighted by molar-refractivity contribution is 0.292. The molecule has 0 saturated carbocycles. The molecule has 0 unspecified atom stereocenters. The monoisotopic (exact) mass is 212 g/mol. The number of ether oxygens (including phenoxy) is 1. The van der Waals surface area contributed by atoms with E-state index < -0.39 is 0 Å². The van der Waals surface area contributed by atoms with E-state index in [1.807, 2.05) is 24.3 Å². The van der Waals surface area contributed by atoms with Crippen LogP contribution < -0.4 is 4.74 Å². The average Bonchev–Trinajstić information content (AvgIpc) is 2.32. The molecule has 82 valence electrons. The molecular weight excluding hydrogens is 196 g/mol. The van der Waals surface area contributed by atoms with Crippen molar-refractivity contribution < 1.29 is 4.74 Å². The zero-order valence-corrected chi connectivity index (χ0v) is 9.73. The predicted molar refractivity (Wildman–Crippen MR) is 66.7 cm³/mol. The number of hydrogen-bond acceptors (Lipinski definition) is 1. The highest BCUT2D eigenvalue weighted by Gasteiger charge is 2.07. The predicted octanol–water partition coefficient (Wildman–Crippen LogP) is 3.88. The third kappa shape index (κ3) is 2.63. The van der Waals surface area contributed by atoms with Crippen molar-refractivity contribution in [2.45, 2.75) is 20.5 Å². The Morgan fingerprint density at radius 3 is 1.94 bits per heavy atom. The fourth-order valence-corrected chi connectivity index (χ4v) is 1.66. The van der Waals surface area contributed by atoms with Crippen LogP contribution in [0.5, 0.6) is 5.75 Å². The Bertz CT molecular complexity index is 460. The van der Waals surface area contributed by atoms with Crippen molar-refractivity contribution in [1.82, 2.24) is 0 Å². The van der Waals surface area contributed by atoms with E-state index >= 15 is 0 Å². The van der Waals surface area contributed by atoms with E-state index in [0.29, 0.717) is 0 Å². The third-order valence-corrected chi connectivity index (χ3v) is 2.57. The molecule has 0 amide bonds. The minimum absolute atomic E-state index is 0.767. The van der Waals surface area contributed by atoms with Crippen LogP contribution in [0.3, 0.4) is 0 Å². The van der Waals surface area contributed by atoms with Gasteiger partial charge in [-0.25, -0.2) is 0 Å². The van der Waals surface area contributed by atoms with Gasteiger partial charge in [0.2, 0.25) is 0 Å². The lowest BCUT2D eigenvalue weighted by Crippen LogP contribution is -2.03. The summed E-state index contributed by atoms with van der Waals surface area (Å²) in [7, 11) is 0. The molecule has 4 rings (SSSR count). The highest BCUT2D eigenvalue weighted by molar-refractivity contribution is 5.39. The van der Waals surface area contributed by atoms with Crippen molar-refractivity contribution in [2.75, 3.05) is 0 Å². The largest absolute Gasteiger partial charge is 0.489 e. The van der Waals surface area contributed by atoms with Gasteiger partial charge in [0.15, 0.2) is 0 Å². The molecule has 2 aromatic carbocycles. The van der Waals surface area contributed by atoms with Gasteiger partial charge in [0.25, 0.3) is 0 Å². The van der Waals surface area contributed by atoms with Crippen LogP contribution in [0.15, 0.2) is 48.5 Å². The Morgan fingerprint density at radius 2 is 1.69 bits per heavy atom. The van der Waals surface area contributed by atoms with Gasteiger partial charge in [-0.3, -0.25) is 0 Å². The second-order valence-electron chi connectivity index (χ2n) is 4.04. The number of aryl methyl sites for hydroxylation is 2. The van der Waals surface area contributed by atoms with E-state index in [2.05, 4.69) is 38.1 Å². The first-order valence-electron chi connectivity index (χ1n) is 5.50. The molecule has 1 nitrogen and oxygen atoms in total. The van der Waals surface area contributed by atoms with Crippen molar-refractivity contribution in [3.05, 3.63) is 65.2 Å². The quantitative estimate of drug-likeness (QED) is 0.644. The first kappa shape index (κ1) is 10.7. The first-order valence-corrected chi connectivity index (χ1v) is 5.50. The smallest absolute Gasteiger partial charge is 0.122 e. The van der Waals surface area contributed by atoms with Gasteiger partial charge in [0.05, 0.1) is 0 Å². The molecule has 1 heteroatoms. The Morgan fingerprint density at radius 1 is 0.938 bits per heavy atom. The van der Waals surface area contributed by atoms with E-state index in [0.717, 1.165) is 12.4 Å². The number of hydrogen-bond donors (Lipinski definition) is 0. The van der Waals surface area contributed by atoms with Crippen LogP contribution >= 0.6 is 0 Å². The van der Waals surface area contributed by atoms with Gasteiger partial charge in [-0.05, 0) is 37.1 Å². The summed E-state index contributed by atoms with van der Waals surface area (Å²) in [6, 6.07) is 16.6. The van der Waals surface area contributed by atoms with Crippen LogP contribution in [0.25, 0.3) is 0 Å². The Labute approximate surface area is 96.7 Å². The molecule has 0 aromatic heterocycles. The molecule has 2 heterocycles. The number of fused-ring (bicyclic) bond motifs is 3. The van der Waals surface area contributed by atoms with E-state index in [1.165, 1.54) is 16.7 Å². The fraction of sp³-hybridized carbons (Fsp3) is 0.200. The zero-order valence-electron chi connectivity index (χ0n) is 9.73. The van der Waals surface area contributed by atoms with E-state index in [1.54, 1.807) is 0 Å². The molecule has 2 bridgehead atoms. The van der Waals surface area contributed by atoms with Crippen molar-refractivity contribution >= 4 is 0 Å². The Hall–Kier alpha value is -1.76. The van der Waals surface area contributed by atoms with Crippen LogP contribution in [-0.2, 0) is 6.61 Å². The maximum absolute atomic E-state index is 5.31. The summed E-state index contributed by atoms with van der Waals surface area (Å²) < 4.78 is 5.31. The van der Waals surface area contributed by atoms with Crippen LogP contribution in [0.4, 0.5) is 0 Å². The van der Waals surface area contributed by atoms with Gasteiger partial charge in [0.1, 0.15) is 12.4 Å². The van der Waals surface area contributed by atoms with Gasteiger partial charge >= 0.3 is 0 Å². The minimum Gasteiger partial charge on any atom is -0.489 e. The summed E-state index contributed by atoms with van der Waals surface area (Å²) in [5, 5.41) is 0. The van der Waals surface area contributed by atoms with Crippen molar-refractivity contribution in [2.24, 2.45) is 0 Å².